The molecule has 0 radical (unpaired) electrons. The van der Waals surface area contributed by atoms with Crippen molar-refractivity contribution in [2.24, 2.45) is 0 Å². The van der Waals surface area contributed by atoms with Crippen LogP contribution in [0.3, 0.4) is 0 Å². The molecule has 3 rings (SSSR count). The molecule has 0 unspecified atom stereocenters. The zero-order chi connectivity index (χ0) is 14.3. The summed E-state index contributed by atoms with van der Waals surface area (Å²) in [6, 6.07) is 9.37. The fraction of sp³-hybridized carbons (Fsp3) is 0. The Kier molecular flexibility index (Phi) is 3.08. The Labute approximate surface area is 122 Å². The van der Waals surface area contributed by atoms with Gasteiger partial charge in [0.1, 0.15) is 5.15 Å². The number of aromatic amines is 1. The van der Waals surface area contributed by atoms with Gasteiger partial charge in [0.25, 0.3) is 5.91 Å². The van der Waals surface area contributed by atoms with Gasteiger partial charge in [0.15, 0.2) is 5.65 Å². The Bertz CT molecular complexity index is 865. The molecule has 1 aromatic carbocycles. The van der Waals surface area contributed by atoms with E-state index in [-0.39, 0.29) is 10.8 Å². The fourth-order valence-electron chi connectivity index (χ4n) is 1.87. The standard InChI is InChI=1S/C13H7Cl2N3O2/c14-8-3-1-7(2-4-8)12(19)18-11-9(16-13(18)20)5-6-10(15)17-11/h1-6H,(H,16,20). The lowest BCUT2D eigenvalue weighted by molar-refractivity contribution is 0.0960. The van der Waals surface area contributed by atoms with E-state index in [1.807, 2.05) is 0 Å². The van der Waals surface area contributed by atoms with Gasteiger partial charge in [0, 0.05) is 10.6 Å². The maximum Gasteiger partial charge on any atom is 0.334 e. The molecule has 7 heteroatoms. The van der Waals surface area contributed by atoms with Gasteiger partial charge in [-0.2, -0.15) is 0 Å². The SMILES string of the molecule is O=C(c1ccc(Cl)cc1)n1c(=O)[nH]c2ccc(Cl)nc21. The van der Waals surface area contributed by atoms with Crippen molar-refractivity contribution in [2.45, 2.75) is 0 Å². The van der Waals surface area contributed by atoms with Crippen molar-refractivity contribution in [1.82, 2.24) is 14.5 Å². The number of fused-ring (bicyclic) bond motifs is 1. The van der Waals surface area contributed by atoms with E-state index in [0.29, 0.717) is 16.1 Å². The summed E-state index contributed by atoms with van der Waals surface area (Å²) in [7, 11) is 0. The molecule has 0 aliphatic heterocycles. The molecule has 0 fully saturated rings. The second kappa shape index (κ2) is 4.77. The lowest BCUT2D eigenvalue weighted by atomic mass is 10.2. The second-order valence-electron chi connectivity index (χ2n) is 4.08. The van der Waals surface area contributed by atoms with Crippen LogP contribution in [-0.4, -0.2) is 20.4 Å². The lowest BCUT2D eigenvalue weighted by Crippen LogP contribution is -2.25. The lowest BCUT2D eigenvalue weighted by Gasteiger charge is -2.02. The Morgan fingerprint density at radius 2 is 1.80 bits per heavy atom. The highest BCUT2D eigenvalue weighted by Crippen LogP contribution is 2.15. The summed E-state index contributed by atoms with van der Waals surface area (Å²) in [6.45, 7) is 0. The first-order valence-corrected chi connectivity index (χ1v) is 6.39. The van der Waals surface area contributed by atoms with Crippen molar-refractivity contribution in [3.8, 4) is 0 Å². The molecular weight excluding hydrogens is 301 g/mol. The van der Waals surface area contributed by atoms with E-state index in [1.54, 1.807) is 30.3 Å². The van der Waals surface area contributed by atoms with Crippen LogP contribution in [0.15, 0.2) is 41.2 Å². The topological polar surface area (TPSA) is 67.8 Å². The van der Waals surface area contributed by atoms with Gasteiger partial charge in [-0.05, 0) is 36.4 Å². The van der Waals surface area contributed by atoms with E-state index in [9.17, 15) is 9.59 Å². The number of H-pyrrole nitrogens is 1. The zero-order valence-corrected chi connectivity index (χ0v) is 11.4. The number of imidazole rings is 1. The highest BCUT2D eigenvalue weighted by atomic mass is 35.5. The second-order valence-corrected chi connectivity index (χ2v) is 4.91. The van der Waals surface area contributed by atoms with Gasteiger partial charge in [-0.15, -0.1) is 0 Å². The number of rotatable bonds is 1. The number of nitrogens with zero attached hydrogens (tertiary/aromatic N) is 2. The molecule has 20 heavy (non-hydrogen) atoms. The van der Waals surface area contributed by atoms with Gasteiger partial charge in [0.05, 0.1) is 5.52 Å². The number of aromatic nitrogens is 3. The van der Waals surface area contributed by atoms with E-state index >= 15 is 0 Å². The van der Waals surface area contributed by atoms with Crippen LogP contribution in [-0.2, 0) is 0 Å². The maximum atomic E-state index is 12.4. The van der Waals surface area contributed by atoms with Crippen LogP contribution in [0.1, 0.15) is 10.4 Å². The quantitative estimate of drug-likeness (QED) is 0.703. The molecule has 0 saturated carbocycles. The molecule has 0 bridgehead atoms. The van der Waals surface area contributed by atoms with Crippen molar-refractivity contribution in [1.29, 1.82) is 0 Å². The van der Waals surface area contributed by atoms with Crippen LogP contribution >= 0.6 is 23.2 Å². The third kappa shape index (κ3) is 2.11. The number of nitrogens with one attached hydrogen (secondary N) is 1. The predicted molar refractivity (Wildman–Crippen MR) is 76.5 cm³/mol. The maximum absolute atomic E-state index is 12.4. The number of hydrogen-bond acceptors (Lipinski definition) is 3. The molecular formula is C13H7Cl2N3O2. The Morgan fingerprint density at radius 1 is 1.10 bits per heavy atom. The average Bonchev–Trinajstić information content (AvgIpc) is 2.74. The average molecular weight is 308 g/mol. The van der Waals surface area contributed by atoms with Crippen molar-refractivity contribution in [3.63, 3.8) is 0 Å². The Morgan fingerprint density at radius 3 is 2.50 bits per heavy atom. The molecule has 100 valence electrons. The summed E-state index contributed by atoms with van der Waals surface area (Å²) in [5.41, 5.74) is 0.415. The Hall–Kier alpha value is -2.11. The molecule has 0 amide bonds. The van der Waals surface area contributed by atoms with Gasteiger partial charge in [-0.25, -0.2) is 14.3 Å². The smallest absolute Gasteiger partial charge is 0.304 e. The van der Waals surface area contributed by atoms with Crippen molar-refractivity contribution in [2.75, 3.05) is 0 Å². The molecule has 0 saturated heterocycles. The first kappa shape index (κ1) is 12.9. The highest BCUT2D eigenvalue weighted by molar-refractivity contribution is 6.30. The molecule has 0 aliphatic rings. The largest absolute Gasteiger partial charge is 0.334 e. The monoisotopic (exact) mass is 307 g/mol. The normalized spacial score (nSPS) is 10.9. The predicted octanol–water partition coefficient (Wildman–Crippen LogP) is 2.72. The van der Waals surface area contributed by atoms with Crippen LogP contribution in [0.25, 0.3) is 11.2 Å². The van der Waals surface area contributed by atoms with Crippen LogP contribution in [0.4, 0.5) is 0 Å². The first-order chi connectivity index (χ1) is 9.56. The molecule has 0 spiro atoms. The third-order valence-corrected chi connectivity index (χ3v) is 3.25. The van der Waals surface area contributed by atoms with Gasteiger partial charge < -0.3 is 4.98 Å². The van der Waals surface area contributed by atoms with Crippen LogP contribution in [0.2, 0.25) is 10.2 Å². The number of carbonyl (C=O) groups excluding carboxylic acids is 1. The Balaban J connectivity index is 2.21. The van der Waals surface area contributed by atoms with Crippen molar-refractivity contribution in [3.05, 3.63) is 62.6 Å². The molecule has 5 nitrogen and oxygen atoms in total. The number of carbonyl (C=O) groups is 1. The van der Waals surface area contributed by atoms with Crippen LogP contribution in [0, 0.1) is 0 Å². The minimum atomic E-state index is -0.560. The first-order valence-electron chi connectivity index (χ1n) is 5.64. The summed E-state index contributed by atoms with van der Waals surface area (Å²) in [6.07, 6.45) is 0. The van der Waals surface area contributed by atoms with Crippen molar-refractivity contribution >= 4 is 40.3 Å². The molecule has 3 aromatic rings. The van der Waals surface area contributed by atoms with Crippen molar-refractivity contribution < 1.29 is 4.79 Å². The highest BCUT2D eigenvalue weighted by Gasteiger charge is 2.17. The van der Waals surface area contributed by atoms with Gasteiger partial charge in [-0.1, -0.05) is 23.2 Å². The molecule has 2 heterocycles. The molecule has 0 atom stereocenters. The summed E-state index contributed by atoms with van der Waals surface area (Å²) >= 11 is 11.6. The van der Waals surface area contributed by atoms with Gasteiger partial charge in [-0.3, -0.25) is 4.79 Å². The van der Waals surface area contributed by atoms with E-state index < -0.39 is 11.6 Å². The summed E-state index contributed by atoms with van der Waals surface area (Å²) in [4.78, 5) is 30.9. The van der Waals surface area contributed by atoms with Crippen LogP contribution < -0.4 is 5.69 Å². The van der Waals surface area contributed by atoms with E-state index in [2.05, 4.69) is 9.97 Å². The van der Waals surface area contributed by atoms with Gasteiger partial charge >= 0.3 is 5.69 Å². The van der Waals surface area contributed by atoms with E-state index in [1.165, 1.54) is 6.07 Å². The summed E-state index contributed by atoms with van der Waals surface area (Å²) < 4.78 is 0.949. The summed E-state index contributed by atoms with van der Waals surface area (Å²) in [5.74, 6) is -0.493. The fourth-order valence-corrected chi connectivity index (χ4v) is 2.14. The van der Waals surface area contributed by atoms with E-state index in [4.69, 9.17) is 23.2 Å². The minimum absolute atomic E-state index is 0.197. The molecule has 1 N–H and O–H groups in total. The number of halogens is 2. The number of hydrogen-bond donors (Lipinski definition) is 1. The van der Waals surface area contributed by atoms with Crippen LogP contribution in [0.5, 0.6) is 0 Å². The molecule has 0 aliphatic carbocycles. The summed E-state index contributed by atoms with van der Waals surface area (Å²) in [5, 5.41) is 0.711. The van der Waals surface area contributed by atoms with E-state index in [0.717, 1.165) is 4.57 Å². The van der Waals surface area contributed by atoms with Gasteiger partial charge in [0.2, 0.25) is 0 Å². The minimum Gasteiger partial charge on any atom is -0.304 e. The zero-order valence-electron chi connectivity index (χ0n) is 9.93. The number of benzene rings is 1. The molecule has 2 aromatic heterocycles. The number of pyridine rings is 1. The third-order valence-electron chi connectivity index (χ3n) is 2.79.